The molecule has 0 atom stereocenters. The number of hydrogen-bond acceptors (Lipinski definition) is 4. The molecule has 0 aliphatic rings. The third kappa shape index (κ3) is 2.11. The largest absolute Gasteiger partial charge is 0.390 e. The zero-order valence-corrected chi connectivity index (χ0v) is 10.5. The molecule has 0 spiro atoms. The molecular formula is C9H17N3O3S. The maximum absolute atomic E-state index is 12.2. The second kappa shape index (κ2) is 4.94. The highest BCUT2D eigenvalue weighted by molar-refractivity contribution is 7.89. The molecule has 1 rings (SSSR count). The Morgan fingerprint density at radius 2 is 1.94 bits per heavy atom. The van der Waals surface area contributed by atoms with Crippen molar-refractivity contribution >= 4 is 10.0 Å². The Labute approximate surface area is 95.3 Å². The molecule has 6 nitrogen and oxygen atoms in total. The zero-order chi connectivity index (χ0) is 12.3. The van der Waals surface area contributed by atoms with E-state index in [-0.39, 0.29) is 17.2 Å². The molecule has 1 heterocycles. The summed E-state index contributed by atoms with van der Waals surface area (Å²) in [5.74, 6) is 0. The van der Waals surface area contributed by atoms with E-state index >= 15 is 0 Å². The van der Waals surface area contributed by atoms with Gasteiger partial charge in [0.1, 0.15) is 10.6 Å². The molecule has 0 aromatic carbocycles. The van der Waals surface area contributed by atoms with Gasteiger partial charge in [-0.3, -0.25) is 5.10 Å². The van der Waals surface area contributed by atoms with E-state index in [9.17, 15) is 8.42 Å². The van der Waals surface area contributed by atoms with E-state index in [1.807, 2.05) is 0 Å². The molecule has 16 heavy (non-hydrogen) atoms. The van der Waals surface area contributed by atoms with E-state index in [4.69, 9.17) is 5.11 Å². The van der Waals surface area contributed by atoms with Crippen molar-refractivity contribution < 1.29 is 13.5 Å². The average Bonchev–Trinajstić information content (AvgIpc) is 2.61. The van der Waals surface area contributed by atoms with E-state index in [0.29, 0.717) is 18.8 Å². The first kappa shape index (κ1) is 13.1. The van der Waals surface area contributed by atoms with E-state index in [1.54, 1.807) is 20.8 Å². The fourth-order valence-corrected chi connectivity index (χ4v) is 3.39. The van der Waals surface area contributed by atoms with Crippen LogP contribution in [-0.4, -0.2) is 41.1 Å². The highest BCUT2D eigenvalue weighted by Gasteiger charge is 2.28. The molecule has 0 bridgehead atoms. The summed E-state index contributed by atoms with van der Waals surface area (Å²) in [6, 6.07) is 0. The van der Waals surface area contributed by atoms with Crippen molar-refractivity contribution in [3.05, 3.63) is 11.4 Å². The summed E-state index contributed by atoms with van der Waals surface area (Å²) in [5, 5.41) is 15.4. The minimum absolute atomic E-state index is 0.0960. The summed E-state index contributed by atoms with van der Waals surface area (Å²) in [5.41, 5.74) is 0.625. The predicted octanol–water partition coefficient (Wildman–Crippen LogP) is 0.241. The van der Waals surface area contributed by atoms with Crippen molar-refractivity contribution in [1.82, 2.24) is 14.5 Å². The molecule has 0 aliphatic carbocycles. The molecule has 1 aromatic heterocycles. The Morgan fingerprint density at radius 1 is 1.38 bits per heavy atom. The van der Waals surface area contributed by atoms with Gasteiger partial charge >= 0.3 is 0 Å². The van der Waals surface area contributed by atoms with Crippen LogP contribution in [0.3, 0.4) is 0 Å². The van der Waals surface area contributed by atoms with E-state index in [0.717, 1.165) is 0 Å². The number of hydrogen-bond donors (Lipinski definition) is 2. The fourth-order valence-electron chi connectivity index (χ4n) is 1.61. The van der Waals surface area contributed by atoms with Gasteiger partial charge in [-0.25, -0.2) is 8.42 Å². The van der Waals surface area contributed by atoms with Crippen LogP contribution in [0.25, 0.3) is 0 Å². The lowest BCUT2D eigenvalue weighted by atomic mass is 10.4. The van der Waals surface area contributed by atoms with Crippen LogP contribution in [0.5, 0.6) is 0 Å². The van der Waals surface area contributed by atoms with Gasteiger partial charge < -0.3 is 5.11 Å². The molecule has 7 heteroatoms. The summed E-state index contributed by atoms with van der Waals surface area (Å²) < 4.78 is 25.8. The van der Waals surface area contributed by atoms with Crippen LogP contribution < -0.4 is 0 Å². The Morgan fingerprint density at radius 3 is 2.38 bits per heavy atom. The van der Waals surface area contributed by atoms with Gasteiger partial charge in [0.05, 0.1) is 12.3 Å². The maximum atomic E-state index is 12.2. The van der Waals surface area contributed by atoms with E-state index < -0.39 is 10.0 Å². The van der Waals surface area contributed by atoms with Crippen molar-refractivity contribution in [3.63, 3.8) is 0 Å². The second-order valence-electron chi connectivity index (χ2n) is 3.37. The topological polar surface area (TPSA) is 86.3 Å². The van der Waals surface area contributed by atoms with E-state index in [2.05, 4.69) is 10.2 Å². The smallest absolute Gasteiger partial charge is 0.246 e. The molecule has 0 radical (unpaired) electrons. The third-order valence-corrected chi connectivity index (χ3v) is 4.67. The van der Waals surface area contributed by atoms with Crippen molar-refractivity contribution in [1.29, 1.82) is 0 Å². The molecule has 2 N–H and O–H groups in total. The predicted molar refractivity (Wildman–Crippen MR) is 59.4 cm³/mol. The Hall–Kier alpha value is -0.920. The van der Waals surface area contributed by atoms with Crippen molar-refractivity contribution in [2.75, 3.05) is 13.1 Å². The standard InChI is InChI=1S/C9H17N3O3S/c1-4-12(5-2)16(14,15)9-7(3)10-11-8(9)6-13/h13H,4-6H2,1-3H3,(H,10,11). The lowest BCUT2D eigenvalue weighted by Crippen LogP contribution is -2.31. The number of nitrogens with one attached hydrogen (secondary N) is 1. The Kier molecular flexibility index (Phi) is 4.06. The lowest BCUT2D eigenvalue weighted by Gasteiger charge is -2.18. The third-order valence-electron chi connectivity index (χ3n) is 2.41. The molecule has 0 aliphatic heterocycles. The van der Waals surface area contributed by atoms with Crippen molar-refractivity contribution in [3.8, 4) is 0 Å². The first-order valence-electron chi connectivity index (χ1n) is 5.13. The van der Waals surface area contributed by atoms with Crippen LogP contribution in [0, 0.1) is 6.92 Å². The van der Waals surface area contributed by atoms with Crippen LogP contribution in [0.15, 0.2) is 4.90 Å². The molecule has 92 valence electrons. The highest BCUT2D eigenvalue weighted by atomic mass is 32.2. The number of aromatic nitrogens is 2. The summed E-state index contributed by atoms with van der Waals surface area (Å²) in [6.07, 6.45) is 0. The van der Waals surface area contributed by atoms with E-state index in [1.165, 1.54) is 4.31 Å². The molecule has 1 aromatic rings. The molecule has 0 unspecified atom stereocenters. The fraction of sp³-hybridized carbons (Fsp3) is 0.667. The SMILES string of the molecule is CCN(CC)S(=O)(=O)c1c(CO)n[nH]c1C. The molecule has 0 amide bonds. The number of nitrogens with zero attached hydrogens (tertiary/aromatic N) is 2. The first-order valence-corrected chi connectivity index (χ1v) is 6.57. The number of aromatic amines is 1. The normalized spacial score (nSPS) is 12.3. The second-order valence-corrected chi connectivity index (χ2v) is 5.25. The van der Waals surface area contributed by atoms with Crippen LogP contribution in [0.4, 0.5) is 0 Å². The highest BCUT2D eigenvalue weighted by Crippen LogP contribution is 2.21. The summed E-state index contributed by atoms with van der Waals surface area (Å²) in [4.78, 5) is 0.0960. The van der Waals surface area contributed by atoms with Gasteiger partial charge in [-0.1, -0.05) is 13.8 Å². The molecular weight excluding hydrogens is 230 g/mol. The van der Waals surface area contributed by atoms with Crippen LogP contribution in [-0.2, 0) is 16.6 Å². The molecule has 0 saturated carbocycles. The van der Waals surface area contributed by atoms with Gasteiger partial charge in [-0.2, -0.15) is 9.40 Å². The minimum atomic E-state index is -3.55. The summed E-state index contributed by atoms with van der Waals surface area (Å²) in [6.45, 7) is 5.58. The number of aliphatic hydroxyl groups excluding tert-OH is 1. The molecule has 0 saturated heterocycles. The van der Waals surface area contributed by atoms with Crippen molar-refractivity contribution in [2.24, 2.45) is 0 Å². The van der Waals surface area contributed by atoms with Crippen LogP contribution >= 0.6 is 0 Å². The van der Waals surface area contributed by atoms with Crippen LogP contribution in [0.2, 0.25) is 0 Å². The number of rotatable bonds is 5. The lowest BCUT2D eigenvalue weighted by molar-refractivity contribution is 0.273. The van der Waals surface area contributed by atoms with Gasteiger partial charge in [0.2, 0.25) is 10.0 Å². The van der Waals surface area contributed by atoms with Gasteiger partial charge in [0, 0.05) is 13.1 Å². The number of aliphatic hydroxyl groups is 1. The first-order chi connectivity index (χ1) is 7.48. The summed E-state index contributed by atoms with van der Waals surface area (Å²) in [7, 11) is -3.55. The number of aryl methyl sites for hydroxylation is 1. The van der Waals surface area contributed by atoms with Crippen molar-refractivity contribution in [2.45, 2.75) is 32.3 Å². The average molecular weight is 247 g/mol. The minimum Gasteiger partial charge on any atom is -0.390 e. The Bertz CT molecular complexity index is 449. The zero-order valence-electron chi connectivity index (χ0n) is 9.69. The number of sulfonamides is 1. The number of H-pyrrole nitrogens is 1. The Balaban J connectivity index is 3.31. The monoisotopic (exact) mass is 247 g/mol. The van der Waals surface area contributed by atoms with Gasteiger partial charge in [-0.05, 0) is 6.92 Å². The maximum Gasteiger partial charge on any atom is 0.246 e. The quantitative estimate of drug-likeness (QED) is 0.780. The van der Waals surface area contributed by atoms with Gasteiger partial charge in [0.15, 0.2) is 0 Å². The van der Waals surface area contributed by atoms with Gasteiger partial charge in [0.25, 0.3) is 0 Å². The summed E-state index contributed by atoms with van der Waals surface area (Å²) >= 11 is 0. The molecule has 0 fully saturated rings. The van der Waals surface area contributed by atoms with Crippen LogP contribution in [0.1, 0.15) is 25.2 Å². The van der Waals surface area contributed by atoms with Gasteiger partial charge in [-0.15, -0.1) is 0 Å².